The number of aromatic nitrogens is 4. The van der Waals surface area contributed by atoms with Crippen molar-refractivity contribution < 1.29 is 20.1 Å². The molecule has 2 heterocycles. The molecule has 0 saturated carbocycles. The van der Waals surface area contributed by atoms with Crippen LogP contribution in [-0.4, -0.2) is 19.1 Å². The van der Waals surface area contributed by atoms with Crippen LogP contribution < -0.4 is 0 Å². The molecule has 2 aromatic heterocycles. The van der Waals surface area contributed by atoms with Gasteiger partial charge >= 0.3 is 0 Å². The van der Waals surface area contributed by atoms with Crippen molar-refractivity contribution in [2.75, 3.05) is 0 Å². The fourth-order valence-electron chi connectivity index (χ4n) is 2.38. The van der Waals surface area contributed by atoms with Gasteiger partial charge < -0.3 is 0 Å². The third-order valence-corrected chi connectivity index (χ3v) is 3.33. The number of hydrogen-bond acceptors (Lipinski definition) is 2. The van der Waals surface area contributed by atoms with Crippen molar-refractivity contribution >= 4 is 11.3 Å². The molecule has 0 fully saturated rings. The van der Waals surface area contributed by atoms with Gasteiger partial charge in [0.05, 0.1) is 12.4 Å². The first-order valence-electron chi connectivity index (χ1n) is 6.70. The number of fused-ring (bicyclic) bond motifs is 1. The van der Waals surface area contributed by atoms with Crippen molar-refractivity contribution in [2.45, 2.75) is 0 Å². The molecule has 5 heteroatoms. The van der Waals surface area contributed by atoms with Crippen molar-refractivity contribution in [1.82, 2.24) is 19.1 Å². The second-order valence-corrected chi connectivity index (χ2v) is 4.64. The Morgan fingerprint density at radius 3 is 2.18 bits per heavy atom. The third-order valence-electron chi connectivity index (χ3n) is 3.33. The summed E-state index contributed by atoms with van der Waals surface area (Å²) in [6.07, 6.45) is 5.41. The molecular weight excluding hydrogens is 452 g/mol. The second-order valence-electron chi connectivity index (χ2n) is 4.64. The van der Waals surface area contributed by atoms with Gasteiger partial charge in [0.15, 0.2) is 6.33 Å². The Bertz CT molecular complexity index is 815. The molecule has 0 aliphatic carbocycles. The van der Waals surface area contributed by atoms with Crippen LogP contribution in [0.2, 0.25) is 0 Å². The van der Waals surface area contributed by atoms with Gasteiger partial charge in [0.25, 0.3) is 11.3 Å². The van der Waals surface area contributed by atoms with Crippen LogP contribution in [0.1, 0.15) is 0 Å². The fourth-order valence-corrected chi connectivity index (χ4v) is 2.38. The van der Waals surface area contributed by atoms with Crippen LogP contribution in [0.25, 0.3) is 22.7 Å². The van der Waals surface area contributed by atoms with E-state index < -0.39 is 0 Å². The SMILES string of the molecule is [Ir].[c-]1ccccc1-n1[cH+]n(-c2ccccc2)c2nccnc21. The average molecular weight is 465 g/mol. The minimum atomic E-state index is 0. The van der Waals surface area contributed by atoms with Gasteiger partial charge in [0.1, 0.15) is 5.69 Å². The Labute approximate surface area is 141 Å². The van der Waals surface area contributed by atoms with Crippen molar-refractivity contribution in [3.05, 3.63) is 79.4 Å². The zero-order valence-corrected chi connectivity index (χ0v) is 13.9. The molecule has 2 aromatic carbocycles. The number of benzene rings is 2. The molecule has 22 heavy (non-hydrogen) atoms. The van der Waals surface area contributed by atoms with Gasteiger partial charge in [-0.1, -0.05) is 18.2 Å². The Kier molecular flexibility index (Phi) is 4.09. The van der Waals surface area contributed by atoms with Gasteiger partial charge in [-0.25, -0.2) is 4.57 Å². The van der Waals surface area contributed by atoms with Crippen molar-refractivity contribution in [1.29, 1.82) is 0 Å². The fraction of sp³-hybridized carbons (Fsp3) is 0. The first-order chi connectivity index (χ1) is 10.4. The quantitative estimate of drug-likeness (QED) is 0.427. The summed E-state index contributed by atoms with van der Waals surface area (Å²) in [6.45, 7) is 0. The van der Waals surface area contributed by atoms with E-state index in [0.717, 1.165) is 22.7 Å². The maximum atomic E-state index is 4.47. The molecule has 4 rings (SSSR count). The molecule has 0 bridgehead atoms. The monoisotopic (exact) mass is 465 g/mol. The minimum absolute atomic E-state index is 0. The van der Waals surface area contributed by atoms with E-state index in [9.17, 15) is 0 Å². The predicted octanol–water partition coefficient (Wildman–Crippen LogP) is 3.29. The number of hydrogen-bond donors (Lipinski definition) is 0. The van der Waals surface area contributed by atoms with E-state index >= 15 is 0 Å². The summed E-state index contributed by atoms with van der Waals surface area (Å²) in [6, 6.07) is 21.2. The van der Waals surface area contributed by atoms with Crippen molar-refractivity contribution in [3.8, 4) is 11.4 Å². The van der Waals surface area contributed by atoms with E-state index in [2.05, 4.69) is 16.0 Å². The second kappa shape index (κ2) is 6.18. The van der Waals surface area contributed by atoms with E-state index in [1.807, 2.05) is 70.1 Å². The Morgan fingerprint density at radius 2 is 1.50 bits per heavy atom. The van der Waals surface area contributed by atoms with Crippen LogP contribution in [0, 0.1) is 6.07 Å². The molecule has 1 radical (unpaired) electrons. The van der Waals surface area contributed by atoms with Gasteiger partial charge in [0, 0.05) is 25.8 Å². The Morgan fingerprint density at radius 1 is 0.818 bits per heavy atom. The summed E-state index contributed by atoms with van der Waals surface area (Å²) >= 11 is 0. The van der Waals surface area contributed by atoms with Crippen LogP contribution in [0.4, 0.5) is 0 Å². The number of rotatable bonds is 2. The normalized spacial score (nSPS) is 10.4. The molecule has 0 aliphatic heterocycles. The summed E-state index contributed by atoms with van der Waals surface area (Å²) in [5.74, 6) is 0. The van der Waals surface area contributed by atoms with E-state index in [0.29, 0.717) is 0 Å². The van der Waals surface area contributed by atoms with E-state index in [-0.39, 0.29) is 20.1 Å². The third kappa shape index (κ3) is 2.45. The topological polar surface area (TPSA) is 35.6 Å². The van der Waals surface area contributed by atoms with E-state index in [4.69, 9.17) is 0 Å². The van der Waals surface area contributed by atoms with Gasteiger partial charge in [0.2, 0.25) is 0 Å². The molecule has 0 atom stereocenters. The van der Waals surface area contributed by atoms with Crippen molar-refractivity contribution in [3.63, 3.8) is 0 Å². The van der Waals surface area contributed by atoms with E-state index in [1.54, 1.807) is 12.4 Å². The van der Waals surface area contributed by atoms with E-state index in [1.165, 1.54) is 0 Å². The number of imidazole rings is 1. The van der Waals surface area contributed by atoms with Gasteiger partial charge in [-0.15, -0.1) is 12.1 Å². The molecule has 4 nitrogen and oxygen atoms in total. The Balaban J connectivity index is 0.00000144. The number of para-hydroxylation sites is 2. The maximum absolute atomic E-state index is 4.47. The Hall–Kier alpha value is -2.36. The van der Waals surface area contributed by atoms with Crippen LogP contribution in [-0.2, 0) is 20.1 Å². The zero-order valence-electron chi connectivity index (χ0n) is 11.6. The molecule has 109 valence electrons. The van der Waals surface area contributed by atoms with Crippen LogP contribution in [0.15, 0.2) is 73.3 Å². The summed E-state index contributed by atoms with van der Waals surface area (Å²) in [7, 11) is 0. The first kappa shape index (κ1) is 14.6. The van der Waals surface area contributed by atoms with Crippen LogP contribution >= 0.6 is 0 Å². The predicted molar refractivity (Wildman–Crippen MR) is 81.4 cm³/mol. The zero-order chi connectivity index (χ0) is 14.1. The van der Waals surface area contributed by atoms with Gasteiger partial charge in [-0.05, 0) is 12.1 Å². The molecule has 0 N–H and O–H groups in total. The summed E-state index contributed by atoms with van der Waals surface area (Å²) < 4.78 is 4.03. The van der Waals surface area contributed by atoms with Crippen LogP contribution in [0.5, 0.6) is 0 Å². The molecule has 0 spiro atoms. The number of nitrogens with zero attached hydrogens (tertiary/aromatic N) is 4. The maximum Gasteiger partial charge on any atom is 0.281 e. The molecular formula is C17H12IrN4. The largest absolute Gasteiger partial charge is 0.281 e. The smallest absolute Gasteiger partial charge is 0.206 e. The average Bonchev–Trinajstić information content (AvgIpc) is 2.96. The van der Waals surface area contributed by atoms with Crippen molar-refractivity contribution in [2.24, 2.45) is 0 Å². The molecule has 0 amide bonds. The van der Waals surface area contributed by atoms with Gasteiger partial charge in [-0.3, -0.25) is 0 Å². The molecule has 0 saturated heterocycles. The molecule has 4 aromatic rings. The summed E-state index contributed by atoms with van der Waals surface area (Å²) in [5, 5.41) is 0. The van der Waals surface area contributed by atoms with Gasteiger partial charge in [-0.2, -0.15) is 32.7 Å². The van der Waals surface area contributed by atoms with Crippen LogP contribution in [0.3, 0.4) is 0 Å². The summed E-state index contributed by atoms with van der Waals surface area (Å²) in [5.41, 5.74) is 3.63. The first-order valence-corrected chi connectivity index (χ1v) is 6.70. The molecule has 0 aliphatic rings. The standard InChI is InChI=1S/C17H12N4.Ir/c1-3-7-14(8-4-1)20-13-21(15-9-5-2-6-10-15)17-16(20)18-11-12-19-17;/h1-9,11-13H;. The molecule has 0 unspecified atom stereocenters. The minimum Gasteiger partial charge on any atom is -0.206 e. The summed E-state index contributed by atoms with van der Waals surface area (Å²) in [4.78, 5) is 8.93.